The highest BCUT2D eigenvalue weighted by Crippen LogP contribution is 2.14. The third-order valence-electron chi connectivity index (χ3n) is 3.74. The van der Waals surface area contributed by atoms with Gasteiger partial charge < -0.3 is 10.1 Å². The van der Waals surface area contributed by atoms with E-state index >= 15 is 0 Å². The van der Waals surface area contributed by atoms with Gasteiger partial charge in [0, 0.05) is 37.1 Å². The van der Waals surface area contributed by atoms with Crippen LogP contribution in [0, 0.1) is 19.8 Å². The lowest BCUT2D eigenvalue weighted by Gasteiger charge is -2.36. The Morgan fingerprint density at radius 2 is 1.80 bits per heavy atom. The molecule has 1 N–H and O–H groups in total. The summed E-state index contributed by atoms with van der Waals surface area (Å²) in [5.41, 5.74) is 2.01. The molecular formula is C15H26N4O. The van der Waals surface area contributed by atoms with E-state index in [9.17, 15) is 0 Å². The SMILES string of the molecule is Cc1cc(C)nc(NC[C@H](C(C)C)N2CCOCC2)n1. The average Bonchev–Trinajstić information content (AvgIpc) is 2.38. The van der Waals surface area contributed by atoms with Crippen molar-refractivity contribution in [3.63, 3.8) is 0 Å². The minimum Gasteiger partial charge on any atom is -0.379 e. The van der Waals surface area contributed by atoms with Crippen molar-refractivity contribution in [1.29, 1.82) is 0 Å². The van der Waals surface area contributed by atoms with Crippen molar-refractivity contribution in [2.24, 2.45) is 5.92 Å². The molecule has 1 atom stereocenters. The van der Waals surface area contributed by atoms with E-state index in [4.69, 9.17) is 4.74 Å². The smallest absolute Gasteiger partial charge is 0.223 e. The number of ether oxygens (including phenoxy) is 1. The van der Waals surface area contributed by atoms with E-state index in [0.29, 0.717) is 12.0 Å². The lowest BCUT2D eigenvalue weighted by molar-refractivity contribution is 0.00951. The highest BCUT2D eigenvalue weighted by atomic mass is 16.5. The fourth-order valence-corrected chi connectivity index (χ4v) is 2.70. The maximum absolute atomic E-state index is 5.44. The summed E-state index contributed by atoms with van der Waals surface area (Å²) >= 11 is 0. The Balaban J connectivity index is 1.97. The number of nitrogens with one attached hydrogen (secondary N) is 1. The van der Waals surface area contributed by atoms with Crippen LogP contribution in [0.2, 0.25) is 0 Å². The predicted molar refractivity (Wildman–Crippen MR) is 81.0 cm³/mol. The van der Waals surface area contributed by atoms with E-state index < -0.39 is 0 Å². The molecule has 0 radical (unpaired) electrons. The molecule has 1 saturated heterocycles. The van der Waals surface area contributed by atoms with Gasteiger partial charge in [-0.05, 0) is 25.8 Å². The van der Waals surface area contributed by atoms with Crippen LogP contribution in [0.1, 0.15) is 25.2 Å². The molecule has 20 heavy (non-hydrogen) atoms. The second-order valence-electron chi connectivity index (χ2n) is 5.81. The molecule has 0 saturated carbocycles. The summed E-state index contributed by atoms with van der Waals surface area (Å²) in [7, 11) is 0. The fraction of sp³-hybridized carbons (Fsp3) is 0.733. The van der Waals surface area contributed by atoms with Crippen LogP contribution < -0.4 is 5.32 Å². The number of hydrogen-bond acceptors (Lipinski definition) is 5. The third kappa shape index (κ3) is 4.15. The normalized spacial score (nSPS) is 18.2. The van der Waals surface area contributed by atoms with Gasteiger partial charge in [-0.1, -0.05) is 13.8 Å². The Labute approximate surface area is 121 Å². The van der Waals surface area contributed by atoms with E-state index in [1.165, 1.54) is 0 Å². The highest BCUT2D eigenvalue weighted by molar-refractivity contribution is 5.27. The molecule has 0 aromatic carbocycles. The van der Waals surface area contributed by atoms with Crippen molar-refractivity contribution in [2.45, 2.75) is 33.7 Å². The van der Waals surface area contributed by atoms with Gasteiger partial charge in [0.25, 0.3) is 0 Å². The molecule has 112 valence electrons. The van der Waals surface area contributed by atoms with E-state index in [2.05, 4.69) is 34.0 Å². The zero-order valence-electron chi connectivity index (χ0n) is 13.0. The van der Waals surface area contributed by atoms with Crippen LogP contribution in [0.15, 0.2) is 6.07 Å². The second-order valence-corrected chi connectivity index (χ2v) is 5.81. The van der Waals surface area contributed by atoms with Gasteiger partial charge in [0.15, 0.2) is 0 Å². The Morgan fingerprint density at radius 3 is 2.35 bits per heavy atom. The van der Waals surface area contributed by atoms with Gasteiger partial charge in [-0.25, -0.2) is 9.97 Å². The first-order chi connectivity index (χ1) is 9.56. The summed E-state index contributed by atoms with van der Waals surface area (Å²) < 4.78 is 5.44. The first-order valence-corrected chi connectivity index (χ1v) is 7.44. The van der Waals surface area contributed by atoms with E-state index in [1.807, 2.05) is 19.9 Å². The summed E-state index contributed by atoms with van der Waals surface area (Å²) in [6.07, 6.45) is 0. The van der Waals surface area contributed by atoms with E-state index in [-0.39, 0.29) is 0 Å². The summed E-state index contributed by atoms with van der Waals surface area (Å²) in [5.74, 6) is 1.33. The third-order valence-corrected chi connectivity index (χ3v) is 3.74. The Morgan fingerprint density at radius 1 is 1.20 bits per heavy atom. The van der Waals surface area contributed by atoms with E-state index in [1.54, 1.807) is 0 Å². The Hall–Kier alpha value is -1.20. The lowest BCUT2D eigenvalue weighted by atomic mass is 10.0. The number of morpholine rings is 1. The highest BCUT2D eigenvalue weighted by Gasteiger charge is 2.23. The number of nitrogens with zero attached hydrogens (tertiary/aromatic N) is 3. The lowest BCUT2D eigenvalue weighted by Crippen LogP contribution is -2.49. The fourth-order valence-electron chi connectivity index (χ4n) is 2.70. The monoisotopic (exact) mass is 278 g/mol. The number of rotatable bonds is 5. The minimum absolute atomic E-state index is 0.489. The molecule has 2 rings (SSSR count). The maximum atomic E-state index is 5.44. The van der Waals surface area contributed by atoms with Crippen LogP contribution in [0.3, 0.4) is 0 Å². The van der Waals surface area contributed by atoms with Gasteiger partial charge in [0.05, 0.1) is 13.2 Å². The quantitative estimate of drug-likeness (QED) is 0.891. The van der Waals surface area contributed by atoms with Gasteiger partial charge in [-0.15, -0.1) is 0 Å². The largest absolute Gasteiger partial charge is 0.379 e. The number of aryl methyl sites for hydroxylation is 2. The molecule has 0 unspecified atom stereocenters. The predicted octanol–water partition coefficient (Wildman–Crippen LogP) is 1.86. The summed E-state index contributed by atoms with van der Waals surface area (Å²) in [5, 5.41) is 3.40. The van der Waals surface area contributed by atoms with Crippen molar-refractivity contribution >= 4 is 5.95 Å². The van der Waals surface area contributed by atoms with Crippen LogP contribution in [-0.2, 0) is 4.74 Å². The zero-order chi connectivity index (χ0) is 14.5. The number of anilines is 1. The number of hydrogen-bond donors (Lipinski definition) is 1. The van der Waals surface area contributed by atoms with Crippen LogP contribution in [-0.4, -0.2) is 53.8 Å². The molecule has 2 heterocycles. The molecular weight excluding hydrogens is 252 g/mol. The molecule has 1 fully saturated rings. The zero-order valence-corrected chi connectivity index (χ0v) is 13.0. The molecule has 1 aliphatic rings. The van der Waals surface area contributed by atoms with Crippen molar-refractivity contribution in [1.82, 2.24) is 14.9 Å². The van der Waals surface area contributed by atoms with Crippen molar-refractivity contribution < 1.29 is 4.74 Å². The van der Waals surface area contributed by atoms with Gasteiger partial charge in [0.2, 0.25) is 5.95 Å². The van der Waals surface area contributed by atoms with E-state index in [0.717, 1.165) is 50.2 Å². The van der Waals surface area contributed by atoms with Gasteiger partial charge in [0.1, 0.15) is 0 Å². The molecule has 5 nitrogen and oxygen atoms in total. The van der Waals surface area contributed by atoms with Crippen molar-refractivity contribution in [3.05, 3.63) is 17.5 Å². The maximum Gasteiger partial charge on any atom is 0.223 e. The van der Waals surface area contributed by atoms with Gasteiger partial charge in [-0.2, -0.15) is 0 Å². The number of aromatic nitrogens is 2. The molecule has 0 spiro atoms. The first-order valence-electron chi connectivity index (χ1n) is 7.44. The van der Waals surface area contributed by atoms with Crippen molar-refractivity contribution in [2.75, 3.05) is 38.2 Å². The first kappa shape index (κ1) is 15.2. The molecule has 0 amide bonds. The molecule has 1 aromatic rings. The standard InChI is InChI=1S/C15H26N4O/c1-11(2)14(19-5-7-20-8-6-19)10-16-15-17-12(3)9-13(4)18-15/h9,11,14H,5-8,10H2,1-4H3,(H,16,17,18)/t14-/m1/s1. The van der Waals surface area contributed by atoms with Crippen LogP contribution in [0.5, 0.6) is 0 Å². The molecule has 5 heteroatoms. The second kappa shape index (κ2) is 6.99. The van der Waals surface area contributed by atoms with Gasteiger partial charge >= 0.3 is 0 Å². The molecule has 0 bridgehead atoms. The van der Waals surface area contributed by atoms with Crippen LogP contribution in [0.4, 0.5) is 5.95 Å². The van der Waals surface area contributed by atoms with Crippen molar-refractivity contribution in [3.8, 4) is 0 Å². The van der Waals surface area contributed by atoms with Crippen LogP contribution >= 0.6 is 0 Å². The molecule has 0 aliphatic carbocycles. The summed E-state index contributed by atoms with van der Waals surface area (Å²) in [4.78, 5) is 11.4. The average molecular weight is 278 g/mol. The van der Waals surface area contributed by atoms with Crippen LogP contribution in [0.25, 0.3) is 0 Å². The molecule has 1 aliphatic heterocycles. The summed E-state index contributed by atoms with van der Waals surface area (Å²) in [6, 6.07) is 2.48. The summed E-state index contributed by atoms with van der Waals surface area (Å²) in [6.45, 7) is 13.1. The topological polar surface area (TPSA) is 50.3 Å². The Kier molecular flexibility index (Phi) is 5.31. The van der Waals surface area contributed by atoms with Gasteiger partial charge in [-0.3, -0.25) is 4.90 Å². The minimum atomic E-state index is 0.489. The Bertz CT molecular complexity index is 410. The molecule has 1 aromatic heterocycles.